The Morgan fingerprint density at radius 2 is 2.07 bits per heavy atom. The number of thiophene rings is 1. The third kappa shape index (κ3) is 4.07. The van der Waals surface area contributed by atoms with E-state index in [9.17, 15) is 4.55 Å². The Balaban J connectivity index is 2.60. The Morgan fingerprint density at radius 3 is 2.47 bits per heavy atom. The van der Waals surface area contributed by atoms with Crippen LogP contribution >= 0.6 is 27.3 Å². The third-order valence-corrected chi connectivity index (χ3v) is 5.35. The first-order chi connectivity index (χ1) is 6.80. The summed E-state index contributed by atoms with van der Waals surface area (Å²) in [5.41, 5.74) is 0. The van der Waals surface area contributed by atoms with E-state index in [0.717, 1.165) is 3.79 Å². The highest BCUT2D eigenvalue weighted by molar-refractivity contribution is 9.11. The molecule has 1 rings (SSSR count). The van der Waals surface area contributed by atoms with Crippen LogP contribution in [0, 0.1) is 0 Å². The smallest absolute Gasteiger partial charge is 0.136 e. The van der Waals surface area contributed by atoms with Crippen LogP contribution in [0.15, 0.2) is 15.9 Å². The molecule has 2 atom stereocenters. The average molecular weight is 310 g/mol. The summed E-state index contributed by atoms with van der Waals surface area (Å²) in [7, 11) is 0. The summed E-state index contributed by atoms with van der Waals surface area (Å²) in [6.45, 7) is 7.93. The van der Waals surface area contributed by atoms with Crippen LogP contribution in [0.2, 0.25) is 0 Å². The zero-order valence-electron chi connectivity index (χ0n) is 9.33. The van der Waals surface area contributed by atoms with Crippen LogP contribution in [-0.4, -0.2) is 9.30 Å². The first-order valence-corrected chi connectivity index (χ1v) is 7.50. The highest BCUT2D eigenvalue weighted by Crippen LogP contribution is 2.28. The maximum Gasteiger partial charge on any atom is 0.136 e. The zero-order valence-corrected chi connectivity index (χ0v) is 12.6. The van der Waals surface area contributed by atoms with Gasteiger partial charge in [-0.05, 0) is 55.8 Å². The van der Waals surface area contributed by atoms with Crippen molar-refractivity contribution in [1.29, 1.82) is 0 Å². The molecule has 1 N–H and O–H groups in total. The lowest BCUT2D eigenvalue weighted by molar-refractivity contribution is 0.532. The molecule has 0 bridgehead atoms. The van der Waals surface area contributed by atoms with Gasteiger partial charge in [0.25, 0.3) is 0 Å². The topological polar surface area (TPSA) is 35.1 Å². The minimum Gasteiger partial charge on any atom is -0.598 e. The van der Waals surface area contributed by atoms with Crippen LogP contribution in [-0.2, 0) is 11.4 Å². The molecule has 5 heteroatoms. The lowest BCUT2D eigenvalue weighted by Crippen LogP contribution is -2.40. The third-order valence-electron chi connectivity index (χ3n) is 1.86. The zero-order chi connectivity index (χ0) is 11.6. The fraction of sp³-hybridized carbons (Fsp3) is 0.600. The van der Waals surface area contributed by atoms with Gasteiger partial charge in [0.2, 0.25) is 0 Å². The van der Waals surface area contributed by atoms with Gasteiger partial charge in [-0.15, -0.1) is 16.1 Å². The van der Waals surface area contributed by atoms with Crippen LogP contribution in [0.3, 0.4) is 0 Å². The van der Waals surface area contributed by atoms with E-state index in [2.05, 4.69) is 20.7 Å². The van der Waals surface area contributed by atoms with Gasteiger partial charge < -0.3 is 4.55 Å². The second-order valence-electron chi connectivity index (χ2n) is 4.36. The Labute approximate surface area is 107 Å². The predicted molar refractivity (Wildman–Crippen MR) is 71.5 cm³/mol. The van der Waals surface area contributed by atoms with Gasteiger partial charge in [-0.25, -0.2) is 0 Å². The molecule has 1 heterocycles. The van der Waals surface area contributed by atoms with Gasteiger partial charge in [0.15, 0.2) is 0 Å². The summed E-state index contributed by atoms with van der Waals surface area (Å²) in [5.74, 6) is 0. The maximum absolute atomic E-state index is 11.8. The molecule has 0 amide bonds. The van der Waals surface area contributed by atoms with E-state index >= 15 is 0 Å². The van der Waals surface area contributed by atoms with Gasteiger partial charge in [-0.3, -0.25) is 0 Å². The predicted octanol–water partition coefficient (Wildman–Crippen LogP) is 3.62. The Kier molecular flexibility index (Phi) is 4.67. The summed E-state index contributed by atoms with van der Waals surface area (Å²) in [6, 6.07) is 4.19. The molecule has 1 aromatic rings. The van der Waals surface area contributed by atoms with Crippen molar-refractivity contribution in [2.24, 2.45) is 0 Å². The molecular formula is C10H16BrNOS2. The number of hydrogen-bond acceptors (Lipinski definition) is 3. The van der Waals surface area contributed by atoms with Crippen molar-refractivity contribution in [3.8, 4) is 0 Å². The maximum atomic E-state index is 11.8. The molecule has 0 fully saturated rings. The molecule has 0 radical (unpaired) electrons. The summed E-state index contributed by atoms with van der Waals surface area (Å²) >= 11 is 4.07. The molecular weight excluding hydrogens is 294 g/mol. The Hall–Kier alpha value is 0.450. The van der Waals surface area contributed by atoms with Gasteiger partial charge in [0.05, 0.1) is 9.83 Å². The highest BCUT2D eigenvalue weighted by Gasteiger charge is 2.28. The average Bonchev–Trinajstić information content (AvgIpc) is 2.50. The van der Waals surface area contributed by atoms with E-state index < -0.39 is 11.4 Å². The van der Waals surface area contributed by atoms with E-state index in [-0.39, 0.29) is 10.8 Å². The van der Waals surface area contributed by atoms with Crippen molar-refractivity contribution in [2.75, 3.05) is 0 Å². The standard InChI is InChI=1S/C10H16BrNOS2/c1-7(8-5-6-9(11)14-8)12-15(13)10(2,3)4/h5-7,12H,1-4H3/t7-,15-/m0/s1. The van der Waals surface area contributed by atoms with Crippen molar-refractivity contribution in [3.05, 3.63) is 20.8 Å². The second kappa shape index (κ2) is 5.19. The van der Waals surface area contributed by atoms with Crippen molar-refractivity contribution < 1.29 is 4.55 Å². The fourth-order valence-electron chi connectivity index (χ4n) is 0.956. The SMILES string of the molecule is C[C@H](N[S@@+]([O-])C(C)(C)C)c1ccc(Br)s1. The van der Waals surface area contributed by atoms with Crippen LogP contribution < -0.4 is 4.72 Å². The van der Waals surface area contributed by atoms with Crippen LogP contribution in [0.4, 0.5) is 0 Å². The molecule has 15 heavy (non-hydrogen) atoms. The van der Waals surface area contributed by atoms with Gasteiger partial charge in [0, 0.05) is 16.2 Å². The first-order valence-electron chi connectivity index (χ1n) is 4.74. The van der Waals surface area contributed by atoms with Crippen LogP contribution in [0.25, 0.3) is 0 Å². The summed E-state index contributed by atoms with van der Waals surface area (Å²) in [5, 5.41) is 0. The number of halogens is 1. The minimum absolute atomic E-state index is 0.126. The summed E-state index contributed by atoms with van der Waals surface area (Å²) in [6.07, 6.45) is 0. The van der Waals surface area contributed by atoms with E-state index in [1.54, 1.807) is 11.3 Å². The molecule has 0 saturated carbocycles. The summed E-state index contributed by atoms with van der Waals surface area (Å²) in [4.78, 5) is 1.19. The molecule has 2 nitrogen and oxygen atoms in total. The molecule has 0 spiro atoms. The largest absolute Gasteiger partial charge is 0.598 e. The van der Waals surface area contributed by atoms with Crippen LogP contribution in [0.1, 0.15) is 38.6 Å². The van der Waals surface area contributed by atoms with E-state index in [1.165, 1.54) is 4.88 Å². The first kappa shape index (κ1) is 13.5. The van der Waals surface area contributed by atoms with E-state index in [1.807, 2.05) is 39.8 Å². The Bertz CT molecular complexity index is 321. The molecule has 1 aromatic heterocycles. The molecule has 86 valence electrons. The van der Waals surface area contributed by atoms with Gasteiger partial charge in [0.1, 0.15) is 4.75 Å². The number of nitrogens with one attached hydrogen (secondary N) is 1. The van der Waals surface area contributed by atoms with E-state index in [4.69, 9.17) is 0 Å². The minimum atomic E-state index is -1.02. The van der Waals surface area contributed by atoms with Gasteiger partial charge >= 0.3 is 0 Å². The fourth-order valence-corrected chi connectivity index (χ4v) is 3.26. The summed E-state index contributed by atoms with van der Waals surface area (Å²) < 4.78 is 15.8. The van der Waals surface area contributed by atoms with Gasteiger partial charge in [-0.1, -0.05) is 0 Å². The quantitative estimate of drug-likeness (QED) is 0.865. The van der Waals surface area contributed by atoms with Crippen LogP contribution in [0.5, 0.6) is 0 Å². The molecule has 0 aliphatic heterocycles. The lowest BCUT2D eigenvalue weighted by Gasteiger charge is -2.26. The number of rotatable bonds is 3. The molecule has 0 saturated heterocycles. The molecule has 0 aliphatic carbocycles. The normalized spacial score (nSPS) is 16.4. The van der Waals surface area contributed by atoms with Crippen molar-refractivity contribution >= 4 is 38.6 Å². The van der Waals surface area contributed by atoms with Crippen molar-refractivity contribution in [1.82, 2.24) is 4.72 Å². The number of hydrogen-bond donors (Lipinski definition) is 1. The van der Waals surface area contributed by atoms with E-state index in [0.29, 0.717) is 0 Å². The van der Waals surface area contributed by atoms with Crippen molar-refractivity contribution in [3.63, 3.8) is 0 Å². The van der Waals surface area contributed by atoms with Crippen molar-refractivity contribution in [2.45, 2.75) is 38.5 Å². The van der Waals surface area contributed by atoms with Gasteiger partial charge in [-0.2, -0.15) is 0 Å². The molecule has 0 aromatic carbocycles. The lowest BCUT2D eigenvalue weighted by atomic mass is 10.3. The monoisotopic (exact) mass is 309 g/mol. The highest BCUT2D eigenvalue weighted by atomic mass is 79.9. The Morgan fingerprint density at radius 1 is 1.47 bits per heavy atom. The molecule has 0 unspecified atom stereocenters. The second-order valence-corrected chi connectivity index (χ2v) is 8.86. The molecule has 0 aliphatic rings.